The van der Waals surface area contributed by atoms with Gasteiger partial charge >= 0.3 is 0 Å². The first kappa shape index (κ1) is 16.7. The average Bonchev–Trinajstić information content (AvgIpc) is 2.26. The monoisotopic (exact) mass is 298 g/mol. The molecule has 1 aromatic carbocycles. The summed E-state index contributed by atoms with van der Waals surface area (Å²) >= 11 is 0. The third-order valence-corrected chi connectivity index (χ3v) is 4.21. The normalized spacial score (nSPS) is 11.7. The molecule has 1 N–H and O–H groups in total. The summed E-state index contributed by atoms with van der Waals surface area (Å²) in [5.41, 5.74) is 3.56. The fraction of sp³-hybridized carbons (Fsp3) is 0.500. The molecule has 112 valence electrons. The molecule has 6 heteroatoms. The second kappa shape index (κ2) is 6.85. The van der Waals surface area contributed by atoms with Crippen LogP contribution in [0.5, 0.6) is 0 Å². The maximum atomic E-state index is 11.6. The largest absolute Gasteiger partial charge is 0.355 e. The lowest BCUT2D eigenvalue weighted by molar-refractivity contribution is -0.121. The van der Waals surface area contributed by atoms with E-state index in [1.54, 1.807) is 0 Å². The lowest BCUT2D eigenvalue weighted by Gasteiger charge is -2.13. The highest BCUT2D eigenvalue weighted by atomic mass is 32.2. The molecule has 0 atom stereocenters. The maximum absolute atomic E-state index is 11.6. The van der Waals surface area contributed by atoms with Gasteiger partial charge in [0, 0.05) is 13.6 Å². The van der Waals surface area contributed by atoms with Gasteiger partial charge in [0.05, 0.1) is 12.8 Å². The van der Waals surface area contributed by atoms with Crippen molar-refractivity contribution in [2.45, 2.75) is 20.3 Å². The molecule has 0 saturated heterocycles. The van der Waals surface area contributed by atoms with E-state index >= 15 is 0 Å². The number of carbonyl (C=O) groups excluding carboxylic acids is 1. The van der Waals surface area contributed by atoms with E-state index in [1.807, 2.05) is 13.8 Å². The van der Waals surface area contributed by atoms with Gasteiger partial charge in [-0.15, -0.1) is 0 Å². The lowest BCUT2D eigenvalue weighted by atomic mass is 10.1. The number of amides is 1. The number of nitrogens with one attached hydrogen (secondary N) is 1. The van der Waals surface area contributed by atoms with Crippen LogP contribution in [0, 0.1) is 13.8 Å². The van der Waals surface area contributed by atoms with Crippen LogP contribution in [0.2, 0.25) is 0 Å². The number of nitrogens with zero attached hydrogens (tertiary/aromatic N) is 1. The number of hydrogen-bond donors (Lipinski definition) is 1. The molecule has 0 spiro atoms. The Hall–Kier alpha value is -1.40. The minimum atomic E-state index is -3.31. The lowest BCUT2D eigenvalue weighted by Crippen LogP contribution is -2.38. The fourth-order valence-corrected chi connectivity index (χ4v) is 2.29. The molecule has 5 nitrogen and oxygen atoms in total. The van der Waals surface area contributed by atoms with E-state index in [0.717, 1.165) is 17.0 Å². The quantitative estimate of drug-likeness (QED) is 0.847. The zero-order valence-electron chi connectivity index (χ0n) is 12.4. The Labute approximate surface area is 121 Å². The van der Waals surface area contributed by atoms with Crippen molar-refractivity contribution >= 4 is 15.9 Å². The van der Waals surface area contributed by atoms with E-state index in [2.05, 4.69) is 23.5 Å². The highest BCUT2D eigenvalue weighted by Crippen LogP contribution is 2.08. The Bertz CT molecular complexity index is 562. The van der Waals surface area contributed by atoms with Gasteiger partial charge < -0.3 is 5.32 Å². The van der Waals surface area contributed by atoms with E-state index in [1.165, 1.54) is 23.7 Å². The van der Waals surface area contributed by atoms with Crippen LogP contribution in [0.15, 0.2) is 18.2 Å². The molecule has 0 heterocycles. The standard InChI is InChI=1S/C14H22N2O3S/c1-11-7-12(2)9-13(8-11)5-6-15-14(17)10-16(3)20(4,18)19/h7-9H,5-6,10H2,1-4H3,(H,15,17). The molecule has 0 aromatic heterocycles. The molecule has 0 aliphatic rings. The summed E-state index contributed by atoms with van der Waals surface area (Å²) in [5.74, 6) is -0.290. The van der Waals surface area contributed by atoms with Crippen molar-refractivity contribution in [2.24, 2.45) is 0 Å². The molecular formula is C14H22N2O3S. The number of benzene rings is 1. The smallest absolute Gasteiger partial charge is 0.235 e. The van der Waals surface area contributed by atoms with E-state index in [9.17, 15) is 13.2 Å². The van der Waals surface area contributed by atoms with Crippen molar-refractivity contribution in [1.82, 2.24) is 9.62 Å². The van der Waals surface area contributed by atoms with Gasteiger partial charge in [-0.2, -0.15) is 4.31 Å². The number of likely N-dealkylation sites (N-methyl/N-ethyl adjacent to an activating group) is 1. The zero-order valence-corrected chi connectivity index (χ0v) is 13.3. The van der Waals surface area contributed by atoms with Gasteiger partial charge in [-0.1, -0.05) is 29.3 Å². The topological polar surface area (TPSA) is 66.5 Å². The van der Waals surface area contributed by atoms with Gasteiger partial charge in [-0.25, -0.2) is 8.42 Å². The zero-order chi connectivity index (χ0) is 15.3. The highest BCUT2D eigenvalue weighted by molar-refractivity contribution is 7.88. The van der Waals surface area contributed by atoms with Crippen LogP contribution >= 0.6 is 0 Å². The van der Waals surface area contributed by atoms with Gasteiger partial charge in [0.15, 0.2) is 0 Å². The molecule has 0 radical (unpaired) electrons. The Kier molecular flexibility index (Phi) is 5.71. The van der Waals surface area contributed by atoms with Crippen molar-refractivity contribution in [3.8, 4) is 0 Å². The van der Waals surface area contributed by atoms with Gasteiger partial charge in [0.1, 0.15) is 0 Å². The number of rotatable bonds is 6. The molecule has 20 heavy (non-hydrogen) atoms. The molecule has 0 saturated carbocycles. The van der Waals surface area contributed by atoms with Crippen LogP contribution in [0.25, 0.3) is 0 Å². The molecule has 1 amide bonds. The van der Waals surface area contributed by atoms with Crippen LogP contribution in [-0.2, 0) is 21.2 Å². The summed E-state index contributed by atoms with van der Waals surface area (Å²) in [5, 5.41) is 2.73. The molecule has 0 aliphatic heterocycles. The van der Waals surface area contributed by atoms with E-state index < -0.39 is 10.0 Å². The number of sulfonamides is 1. The molecule has 0 aliphatic carbocycles. The van der Waals surface area contributed by atoms with E-state index in [0.29, 0.717) is 6.54 Å². The van der Waals surface area contributed by atoms with Gasteiger partial charge in [0.25, 0.3) is 0 Å². The first-order valence-electron chi connectivity index (χ1n) is 6.43. The Morgan fingerprint density at radius 1 is 1.20 bits per heavy atom. The van der Waals surface area contributed by atoms with Crippen molar-refractivity contribution in [3.63, 3.8) is 0 Å². The van der Waals surface area contributed by atoms with Crippen molar-refractivity contribution in [2.75, 3.05) is 26.4 Å². The summed E-state index contributed by atoms with van der Waals surface area (Å²) in [4.78, 5) is 11.6. The van der Waals surface area contributed by atoms with Crippen LogP contribution in [0.4, 0.5) is 0 Å². The van der Waals surface area contributed by atoms with Crippen LogP contribution in [-0.4, -0.2) is 45.0 Å². The third-order valence-electron chi connectivity index (χ3n) is 2.95. The van der Waals surface area contributed by atoms with Crippen molar-refractivity contribution in [1.29, 1.82) is 0 Å². The Balaban J connectivity index is 2.42. The highest BCUT2D eigenvalue weighted by Gasteiger charge is 2.14. The molecule has 0 fully saturated rings. The summed E-state index contributed by atoms with van der Waals surface area (Å²) < 4.78 is 23.4. The molecule has 1 aromatic rings. The third kappa shape index (κ3) is 5.71. The predicted molar refractivity (Wildman–Crippen MR) is 80.1 cm³/mol. The summed E-state index contributed by atoms with van der Waals surface area (Å²) in [6.07, 6.45) is 1.81. The minimum Gasteiger partial charge on any atom is -0.355 e. The van der Waals surface area contributed by atoms with Crippen molar-refractivity contribution in [3.05, 3.63) is 34.9 Å². The van der Waals surface area contributed by atoms with E-state index in [4.69, 9.17) is 0 Å². The molecular weight excluding hydrogens is 276 g/mol. The second-order valence-electron chi connectivity index (χ2n) is 5.11. The molecule has 0 bridgehead atoms. The van der Waals surface area contributed by atoms with Crippen molar-refractivity contribution < 1.29 is 13.2 Å². The predicted octanol–water partition coefficient (Wildman–Crippen LogP) is 0.854. The maximum Gasteiger partial charge on any atom is 0.235 e. The van der Waals surface area contributed by atoms with Crippen LogP contribution < -0.4 is 5.32 Å². The number of carbonyl (C=O) groups is 1. The Morgan fingerprint density at radius 3 is 2.25 bits per heavy atom. The first-order chi connectivity index (χ1) is 9.18. The van der Waals surface area contributed by atoms with Gasteiger partial charge in [0.2, 0.25) is 15.9 Å². The van der Waals surface area contributed by atoms with E-state index in [-0.39, 0.29) is 12.5 Å². The molecule has 1 rings (SSSR count). The van der Waals surface area contributed by atoms with Gasteiger partial charge in [-0.05, 0) is 25.8 Å². The average molecular weight is 298 g/mol. The minimum absolute atomic E-state index is 0.147. The van der Waals surface area contributed by atoms with Crippen LogP contribution in [0.1, 0.15) is 16.7 Å². The van der Waals surface area contributed by atoms with Gasteiger partial charge in [-0.3, -0.25) is 4.79 Å². The summed E-state index contributed by atoms with van der Waals surface area (Å²) in [6.45, 7) is 4.43. The second-order valence-corrected chi connectivity index (χ2v) is 7.20. The van der Waals surface area contributed by atoms with Crippen LogP contribution in [0.3, 0.4) is 0 Å². The first-order valence-corrected chi connectivity index (χ1v) is 8.28. The SMILES string of the molecule is Cc1cc(C)cc(CCNC(=O)CN(C)S(C)(=O)=O)c1. The summed E-state index contributed by atoms with van der Waals surface area (Å²) in [7, 11) is -1.93. The fourth-order valence-electron chi connectivity index (χ4n) is 1.93. The summed E-state index contributed by atoms with van der Waals surface area (Å²) in [6, 6.07) is 6.27. The Morgan fingerprint density at radius 2 is 1.75 bits per heavy atom. The number of aryl methyl sites for hydroxylation is 2. The molecule has 0 unspecified atom stereocenters. The number of hydrogen-bond acceptors (Lipinski definition) is 3.